The molecule has 0 rings (SSSR count). The Morgan fingerprint density at radius 3 is 2.50 bits per heavy atom. The van der Waals surface area contributed by atoms with Crippen LogP contribution in [0.5, 0.6) is 0 Å². The third-order valence-corrected chi connectivity index (χ3v) is 1.97. The van der Waals surface area contributed by atoms with Crippen molar-refractivity contribution in [1.29, 1.82) is 0 Å². The summed E-state index contributed by atoms with van der Waals surface area (Å²) in [6.45, 7) is 3.98. The lowest BCUT2D eigenvalue weighted by molar-refractivity contribution is -0.146. The van der Waals surface area contributed by atoms with Crippen molar-refractivity contribution in [3.8, 4) is 0 Å². The fourth-order valence-electron chi connectivity index (χ4n) is 0.990. The van der Waals surface area contributed by atoms with E-state index in [2.05, 4.69) is 4.74 Å². The molecule has 0 aliphatic heterocycles. The van der Waals surface area contributed by atoms with Crippen LogP contribution in [0, 0.1) is 11.8 Å². The number of carbonyl (C=O) groups excluding carboxylic acids is 1. The van der Waals surface area contributed by atoms with Gasteiger partial charge in [-0.1, -0.05) is 31.5 Å². The number of allylic oxidation sites excluding steroid dienone is 1. The van der Waals surface area contributed by atoms with E-state index in [1.165, 1.54) is 12.6 Å². The van der Waals surface area contributed by atoms with Crippen molar-refractivity contribution < 1.29 is 9.53 Å². The molecule has 2 nitrogen and oxygen atoms in total. The molecule has 0 radical (unpaired) electrons. The van der Waals surface area contributed by atoms with Crippen molar-refractivity contribution >= 4 is 17.6 Å². The number of hydrogen-bond acceptors (Lipinski definition) is 2. The first-order valence-corrected chi connectivity index (χ1v) is 4.40. The van der Waals surface area contributed by atoms with Gasteiger partial charge < -0.3 is 4.74 Å². The number of carbonyl (C=O) groups is 1. The summed E-state index contributed by atoms with van der Waals surface area (Å²) in [5.41, 5.74) is 1.43. The molecule has 0 amide bonds. The molecule has 0 saturated carbocycles. The Bertz CT molecular complexity index is 164. The average Bonchev–Trinajstić information content (AvgIpc) is 2.04. The molecule has 0 aliphatic rings. The fourth-order valence-corrected chi connectivity index (χ4v) is 1.09. The predicted octanol–water partition coefficient (Wildman–Crippen LogP) is 2.57. The lowest BCUT2D eigenvalue weighted by atomic mass is 9.93. The van der Waals surface area contributed by atoms with E-state index in [1.54, 1.807) is 6.08 Å². The van der Waals surface area contributed by atoms with Crippen molar-refractivity contribution in [3.63, 3.8) is 0 Å². The molecule has 0 saturated heterocycles. The van der Waals surface area contributed by atoms with E-state index in [4.69, 9.17) is 11.6 Å². The quantitative estimate of drug-likeness (QED) is 0.637. The highest BCUT2D eigenvalue weighted by Crippen LogP contribution is 2.17. The summed E-state index contributed by atoms with van der Waals surface area (Å²) in [5.74, 6) is 0.0371. The maximum Gasteiger partial charge on any atom is 0.309 e. The van der Waals surface area contributed by atoms with Crippen LogP contribution in [0.2, 0.25) is 0 Å². The third-order valence-electron chi connectivity index (χ3n) is 1.79. The predicted molar refractivity (Wildman–Crippen MR) is 50.0 cm³/mol. The smallest absolute Gasteiger partial charge is 0.309 e. The zero-order valence-corrected chi connectivity index (χ0v) is 8.47. The molecule has 0 aromatic carbocycles. The molecule has 0 bridgehead atoms. The van der Waals surface area contributed by atoms with Gasteiger partial charge in [-0.3, -0.25) is 4.79 Å². The van der Waals surface area contributed by atoms with Crippen LogP contribution in [-0.2, 0) is 9.53 Å². The number of methoxy groups -OCH3 is 1. The van der Waals surface area contributed by atoms with Crippen LogP contribution in [0.25, 0.3) is 0 Å². The molecule has 0 unspecified atom stereocenters. The van der Waals surface area contributed by atoms with E-state index in [-0.39, 0.29) is 17.8 Å². The Morgan fingerprint density at radius 2 is 2.17 bits per heavy atom. The fraction of sp³-hybridized carbons (Fsp3) is 0.667. The Hall–Kier alpha value is -0.500. The number of ether oxygens (including phenoxy) is 1. The molecule has 70 valence electrons. The SMILES string of the molecule is COC(=O)[C@H](C/C=C/Cl)C(C)C. The molecule has 3 heteroatoms. The van der Waals surface area contributed by atoms with Gasteiger partial charge in [-0.05, 0) is 12.3 Å². The monoisotopic (exact) mass is 190 g/mol. The van der Waals surface area contributed by atoms with Crippen molar-refractivity contribution in [1.82, 2.24) is 0 Å². The maximum atomic E-state index is 11.2. The highest BCUT2D eigenvalue weighted by atomic mass is 35.5. The topological polar surface area (TPSA) is 26.3 Å². The molecule has 0 fully saturated rings. The second-order valence-corrected chi connectivity index (χ2v) is 3.22. The van der Waals surface area contributed by atoms with Crippen LogP contribution >= 0.6 is 11.6 Å². The van der Waals surface area contributed by atoms with Gasteiger partial charge in [-0.25, -0.2) is 0 Å². The summed E-state index contributed by atoms with van der Waals surface area (Å²) < 4.78 is 4.65. The molecular weight excluding hydrogens is 176 g/mol. The molecule has 0 N–H and O–H groups in total. The van der Waals surface area contributed by atoms with Crippen molar-refractivity contribution in [2.75, 3.05) is 7.11 Å². The normalized spacial score (nSPS) is 13.8. The van der Waals surface area contributed by atoms with Gasteiger partial charge in [0.1, 0.15) is 0 Å². The Labute approximate surface area is 78.5 Å². The molecule has 0 aliphatic carbocycles. The van der Waals surface area contributed by atoms with Crippen molar-refractivity contribution in [2.45, 2.75) is 20.3 Å². The van der Waals surface area contributed by atoms with E-state index < -0.39 is 0 Å². The summed E-state index contributed by atoms with van der Waals surface area (Å²) in [6, 6.07) is 0. The van der Waals surface area contributed by atoms with E-state index in [0.717, 1.165) is 0 Å². The Balaban J connectivity index is 4.13. The van der Waals surface area contributed by atoms with Gasteiger partial charge in [0.2, 0.25) is 0 Å². The zero-order valence-electron chi connectivity index (χ0n) is 7.71. The lowest BCUT2D eigenvalue weighted by Gasteiger charge is -2.15. The van der Waals surface area contributed by atoms with Gasteiger partial charge in [-0.15, -0.1) is 0 Å². The summed E-state index contributed by atoms with van der Waals surface area (Å²) in [4.78, 5) is 11.2. The number of esters is 1. The van der Waals surface area contributed by atoms with Crippen LogP contribution in [0.1, 0.15) is 20.3 Å². The molecule has 0 aromatic rings. The minimum Gasteiger partial charge on any atom is -0.469 e. The van der Waals surface area contributed by atoms with E-state index in [0.29, 0.717) is 6.42 Å². The molecule has 1 atom stereocenters. The first kappa shape index (κ1) is 11.5. The summed E-state index contributed by atoms with van der Waals surface area (Å²) in [5, 5.41) is 0. The first-order valence-electron chi connectivity index (χ1n) is 3.96. The highest BCUT2D eigenvalue weighted by Gasteiger charge is 2.20. The standard InChI is InChI=1S/C9H15ClO2/c1-7(2)8(5-4-6-10)9(11)12-3/h4,6-8H,5H2,1-3H3/b6-4+/t8-/m1/s1. The molecule has 0 heterocycles. The van der Waals surface area contributed by atoms with Crippen LogP contribution in [0.15, 0.2) is 11.6 Å². The summed E-state index contributed by atoms with van der Waals surface area (Å²) in [7, 11) is 1.40. The van der Waals surface area contributed by atoms with Gasteiger partial charge in [0, 0.05) is 5.54 Å². The van der Waals surface area contributed by atoms with Gasteiger partial charge >= 0.3 is 5.97 Å². The van der Waals surface area contributed by atoms with Crippen molar-refractivity contribution in [2.24, 2.45) is 11.8 Å². The lowest BCUT2D eigenvalue weighted by Crippen LogP contribution is -2.20. The first-order chi connectivity index (χ1) is 5.63. The minimum atomic E-state index is -0.167. The van der Waals surface area contributed by atoms with E-state index in [1.807, 2.05) is 13.8 Å². The molecule has 12 heavy (non-hydrogen) atoms. The second-order valence-electron chi connectivity index (χ2n) is 2.97. The van der Waals surface area contributed by atoms with Crippen molar-refractivity contribution in [3.05, 3.63) is 11.6 Å². The van der Waals surface area contributed by atoms with E-state index >= 15 is 0 Å². The van der Waals surface area contributed by atoms with Crippen LogP contribution in [-0.4, -0.2) is 13.1 Å². The molecular formula is C9H15ClO2. The minimum absolute atomic E-state index is 0.0787. The maximum absolute atomic E-state index is 11.2. The molecule has 0 spiro atoms. The van der Waals surface area contributed by atoms with E-state index in [9.17, 15) is 4.79 Å². The van der Waals surface area contributed by atoms with Gasteiger partial charge in [0.15, 0.2) is 0 Å². The summed E-state index contributed by atoms with van der Waals surface area (Å²) >= 11 is 5.37. The highest BCUT2D eigenvalue weighted by molar-refractivity contribution is 6.25. The number of rotatable bonds is 4. The van der Waals surface area contributed by atoms with Gasteiger partial charge in [-0.2, -0.15) is 0 Å². The Kier molecular flexibility index (Phi) is 5.81. The zero-order chi connectivity index (χ0) is 9.56. The third kappa shape index (κ3) is 3.77. The number of halogens is 1. The van der Waals surface area contributed by atoms with Gasteiger partial charge in [0.05, 0.1) is 13.0 Å². The summed E-state index contributed by atoms with van der Waals surface area (Å²) in [6.07, 6.45) is 2.41. The van der Waals surface area contributed by atoms with Gasteiger partial charge in [0.25, 0.3) is 0 Å². The van der Waals surface area contributed by atoms with Crippen LogP contribution < -0.4 is 0 Å². The molecule has 0 aromatic heterocycles. The Morgan fingerprint density at radius 1 is 1.58 bits per heavy atom. The van der Waals surface area contributed by atoms with Crippen LogP contribution in [0.4, 0.5) is 0 Å². The average molecular weight is 191 g/mol. The second kappa shape index (κ2) is 6.06. The van der Waals surface area contributed by atoms with Crippen LogP contribution in [0.3, 0.4) is 0 Å². The number of hydrogen-bond donors (Lipinski definition) is 0. The largest absolute Gasteiger partial charge is 0.469 e.